The lowest BCUT2D eigenvalue weighted by Crippen LogP contribution is -2.31. The fourth-order valence-corrected chi connectivity index (χ4v) is 2.06. The van der Waals surface area contributed by atoms with Gasteiger partial charge in [0.2, 0.25) is 0 Å². The van der Waals surface area contributed by atoms with Crippen LogP contribution in [0.3, 0.4) is 0 Å². The predicted octanol–water partition coefficient (Wildman–Crippen LogP) is 2.94. The zero-order valence-electron chi connectivity index (χ0n) is 8.91. The summed E-state index contributed by atoms with van der Waals surface area (Å²) in [6.45, 7) is 1.90. The van der Waals surface area contributed by atoms with Gasteiger partial charge in [-0.3, -0.25) is 4.79 Å². The summed E-state index contributed by atoms with van der Waals surface area (Å²) in [5, 5.41) is 3.93. The van der Waals surface area contributed by atoms with Crippen molar-refractivity contribution in [2.45, 2.75) is 12.8 Å². The van der Waals surface area contributed by atoms with Crippen LogP contribution >= 0.6 is 24.0 Å². The van der Waals surface area contributed by atoms with Gasteiger partial charge in [-0.1, -0.05) is 11.6 Å². The molecule has 1 fully saturated rings. The summed E-state index contributed by atoms with van der Waals surface area (Å²) in [4.78, 5) is 12.0. The summed E-state index contributed by atoms with van der Waals surface area (Å²) in [5.41, 5.74) is 0.784. The van der Waals surface area contributed by atoms with Gasteiger partial charge in [-0.05, 0) is 50.2 Å². The number of carbonyl (C=O) groups excluding carboxylic acids is 1. The van der Waals surface area contributed by atoms with Gasteiger partial charge in [0.1, 0.15) is 0 Å². The SMILES string of the molecule is Cl.O=C(c1ccc(Cl)cc1)C1CCNCC1. The lowest BCUT2D eigenvalue weighted by atomic mass is 9.90. The number of hydrogen-bond donors (Lipinski definition) is 1. The third kappa shape index (κ3) is 3.21. The smallest absolute Gasteiger partial charge is 0.166 e. The van der Waals surface area contributed by atoms with Crippen LogP contribution in [0.4, 0.5) is 0 Å². The number of ketones is 1. The van der Waals surface area contributed by atoms with Crippen molar-refractivity contribution in [3.8, 4) is 0 Å². The van der Waals surface area contributed by atoms with Gasteiger partial charge in [0, 0.05) is 16.5 Å². The Bertz CT molecular complexity index is 345. The second-order valence-corrected chi connectivity index (χ2v) is 4.33. The molecule has 1 aliphatic heterocycles. The molecule has 0 amide bonds. The van der Waals surface area contributed by atoms with Crippen molar-refractivity contribution in [1.29, 1.82) is 0 Å². The fraction of sp³-hybridized carbons (Fsp3) is 0.417. The monoisotopic (exact) mass is 259 g/mol. The molecular formula is C12H15Cl2NO. The Labute approximate surface area is 107 Å². The Hall–Kier alpha value is -0.570. The van der Waals surface area contributed by atoms with Crippen LogP contribution in [-0.4, -0.2) is 18.9 Å². The third-order valence-corrected chi connectivity index (χ3v) is 3.09. The van der Waals surface area contributed by atoms with Crippen molar-refractivity contribution in [3.63, 3.8) is 0 Å². The highest BCUT2D eigenvalue weighted by atomic mass is 35.5. The Balaban J connectivity index is 0.00000128. The van der Waals surface area contributed by atoms with Crippen molar-refractivity contribution in [2.75, 3.05) is 13.1 Å². The number of halogens is 2. The van der Waals surface area contributed by atoms with Crippen molar-refractivity contribution < 1.29 is 4.79 Å². The topological polar surface area (TPSA) is 29.1 Å². The highest BCUT2D eigenvalue weighted by molar-refractivity contribution is 6.30. The maximum absolute atomic E-state index is 12.0. The Kier molecular flexibility index (Phi) is 5.26. The average molecular weight is 260 g/mol. The molecule has 4 heteroatoms. The van der Waals surface area contributed by atoms with Crippen LogP contribution in [0.1, 0.15) is 23.2 Å². The molecule has 0 aliphatic carbocycles. The van der Waals surface area contributed by atoms with E-state index in [0.29, 0.717) is 5.02 Å². The lowest BCUT2D eigenvalue weighted by molar-refractivity contribution is 0.0895. The summed E-state index contributed by atoms with van der Waals surface area (Å²) >= 11 is 5.78. The minimum atomic E-state index is 0. The highest BCUT2D eigenvalue weighted by Crippen LogP contribution is 2.19. The van der Waals surface area contributed by atoms with Crippen LogP contribution in [0.15, 0.2) is 24.3 Å². The molecule has 16 heavy (non-hydrogen) atoms. The minimum absolute atomic E-state index is 0. The van der Waals surface area contributed by atoms with Crippen LogP contribution in [-0.2, 0) is 0 Å². The molecule has 0 saturated carbocycles. The first-order chi connectivity index (χ1) is 7.27. The minimum Gasteiger partial charge on any atom is -0.317 e. The maximum Gasteiger partial charge on any atom is 0.166 e. The second kappa shape index (κ2) is 6.24. The highest BCUT2D eigenvalue weighted by Gasteiger charge is 2.21. The standard InChI is InChI=1S/C12H14ClNO.ClH/c13-11-3-1-9(2-4-11)12(15)10-5-7-14-8-6-10;/h1-4,10,14H,5-8H2;1H. The summed E-state index contributed by atoms with van der Waals surface area (Å²) in [5.74, 6) is 0.445. The summed E-state index contributed by atoms with van der Waals surface area (Å²) in [7, 11) is 0. The van der Waals surface area contributed by atoms with Gasteiger partial charge in [0.25, 0.3) is 0 Å². The molecule has 1 aromatic rings. The van der Waals surface area contributed by atoms with Gasteiger partial charge in [-0.2, -0.15) is 0 Å². The van der Waals surface area contributed by atoms with Crippen molar-refractivity contribution in [3.05, 3.63) is 34.9 Å². The predicted molar refractivity (Wildman–Crippen MR) is 68.6 cm³/mol. The zero-order chi connectivity index (χ0) is 10.7. The summed E-state index contributed by atoms with van der Waals surface area (Å²) in [6, 6.07) is 7.17. The molecular weight excluding hydrogens is 245 g/mol. The molecule has 0 aromatic heterocycles. The molecule has 1 aliphatic rings. The van der Waals surface area contributed by atoms with Gasteiger partial charge in [0.05, 0.1) is 0 Å². The molecule has 88 valence electrons. The second-order valence-electron chi connectivity index (χ2n) is 3.90. The summed E-state index contributed by atoms with van der Waals surface area (Å²) in [6.07, 6.45) is 1.89. The summed E-state index contributed by atoms with van der Waals surface area (Å²) < 4.78 is 0. The van der Waals surface area contributed by atoms with E-state index in [1.165, 1.54) is 0 Å². The largest absolute Gasteiger partial charge is 0.317 e. The van der Waals surface area contributed by atoms with Crippen molar-refractivity contribution in [2.24, 2.45) is 5.92 Å². The molecule has 2 nitrogen and oxygen atoms in total. The van der Waals surface area contributed by atoms with E-state index < -0.39 is 0 Å². The van der Waals surface area contributed by atoms with Crippen LogP contribution < -0.4 is 5.32 Å². The maximum atomic E-state index is 12.0. The van der Waals surface area contributed by atoms with E-state index in [2.05, 4.69) is 5.32 Å². The Morgan fingerprint density at radius 3 is 2.31 bits per heavy atom. The van der Waals surface area contributed by atoms with E-state index in [4.69, 9.17) is 11.6 Å². The van der Waals surface area contributed by atoms with Gasteiger partial charge >= 0.3 is 0 Å². The molecule has 1 heterocycles. The van der Waals surface area contributed by atoms with Crippen molar-refractivity contribution >= 4 is 29.8 Å². The van der Waals surface area contributed by atoms with E-state index >= 15 is 0 Å². The van der Waals surface area contributed by atoms with Gasteiger partial charge in [-0.15, -0.1) is 12.4 Å². The Morgan fingerprint density at radius 2 is 1.75 bits per heavy atom. The first kappa shape index (κ1) is 13.5. The molecule has 0 bridgehead atoms. The number of hydrogen-bond acceptors (Lipinski definition) is 2. The number of rotatable bonds is 2. The normalized spacial score (nSPS) is 16.6. The molecule has 0 radical (unpaired) electrons. The number of nitrogens with one attached hydrogen (secondary N) is 1. The number of Topliss-reactive ketones (excluding diaryl/α,β-unsaturated/α-hetero) is 1. The van der Waals surface area contributed by atoms with Gasteiger partial charge in [0.15, 0.2) is 5.78 Å². The number of benzene rings is 1. The lowest BCUT2D eigenvalue weighted by Gasteiger charge is -2.21. The quantitative estimate of drug-likeness (QED) is 0.828. The number of carbonyl (C=O) groups is 1. The first-order valence-electron chi connectivity index (χ1n) is 5.28. The van der Waals surface area contributed by atoms with Crippen LogP contribution in [0, 0.1) is 5.92 Å². The van der Waals surface area contributed by atoms with Crippen LogP contribution in [0.2, 0.25) is 5.02 Å². The van der Waals surface area contributed by atoms with Crippen LogP contribution in [0.25, 0.3) is 0 Å². The molecule has 1 N–H and O–H groups in total. The zero-order valence-corrected chi connectivity index (χ0v) is 10.5. The van der Waals surface area contributed by atoms with Crippen molar-refractivity contribution in [1.82, 2.24) is 5.32 Å². The van der Waals surface area contributed by atoms with Gasteiger partial charge < -0.3 is 5.32 Å². The van der Waals surface area contributed by atoms with Gasteiger partial charge in [-0.25, -0.2) is 0 Å². The molecule has 1 saturated heterocycles. The molecule has 0 unspecified atom stereocenters. The molecule has 1 aromatic carbocycles. The van der Waals surface area contributed by atoms with E-state index in [-0.39, 0.29) is 24.1 Å². The van der Waals surface area contributed by atoms with E-state index in [9.17, 15) is 4.79 Å². The average Bonchev–Trinajstić information content (AvgIpc) is 2.30. The van der Waals surface area contributed by atoms with E-state index in [1.54, 1.807) is 12.1 Å². The van der Waals surface area contributed by atoms with E-state index in [0.717, 1.165) is 31.5 Å². The molecule has 0 spiro atoms. The molecule has 2 rings (SSSR count). The first-order valence-corrected chi connectivity index (χ1v) is 5.65. The van der Waals surface area contributed by atoms with E-state index in [1.807, 2.05) is 12.1 Å². The Morgan fingerprint density at radius 1 is 1.19 bits per heavy atom. The molecule has 0 atom stereocenters. The number of piperidine rings is 1. The van der Waals surface area contributed by atoms with Crippen LogP contribution in [0.5, 0.6) is 0 Å². The third-order valence-electron chi connectivity index (χ3n) is 2.84. The fourth-order valence-electron chi connectivity index (χ4n) is 1.93.